The van der Waals surface area contributed by atoms with Gasteiger partial charge in [0.25, 0.3) is 5.69 Å². The highest BCUT2D eigenvalue weighted by atomic mass is 35.5. The number of nitro groups is 1. The molecule has 0 heterocycles. The molecule has 96 valence electrons. The Morgan fingerprint density at radius 1 is 1.35 bits per heavy atom. The Hall–Kier alpha value is -1.41. The average molecular weight is 275 g/mol. The van der Waals surface area contributed by atoms with Crippen LogP contribution in [-0.2, 0) is 0 Å². The number of nitro benzene ring substituents is 1. The molecule has 0 spiro atoms. The maximum absolute atomic E-state index is 12.6. The summed E-state index contributed by atoms with van der Waals surface area (Å²) in [7, 11) is 0. The summed E-state index contributed by atoms with van der Waals surface area (Å²) >= 11 is 0. The highest BCUT2D eigenvalue weighted by Crippen LogP contribution is 2.35. The van der Waals surface area contributed by atoms with Gasteiger partial charge in [0.05, 0.1) is 16.6 Å². The molecule has 0 saturated carbocycles. The van der Waals surface area contributed by atoms with Crippen LogP contribution < -0.4 is 5.73 Å². The van der Waals surface area contributed by atoms with Crippen LogP contribution in [0.2, 0.25) is 0 Å². The summed E-state index contributed by atoms with van der Waals surface area (Å²) in [6.45, 7) is 0. The second-order valence-corrected chi connectivity index (χ2v) is 2.98. The van der Waals surface area contributed by atoms with Crippen LogP contribution in [0.5, 0.6) is 0 Å². The maximum atomic E-state index is 12.6. The number of nitrogens with zero attached hydrogens (tertiary/aromatic N) is 1. The average Bonchev–Trinajstić information content (AvgIpc) is 2.15. The molecule has 0 fully saturated rings. The number of alkyl halides is 3. The smallest absolute Gasteiger partial charge is 0.316 e. The van der Waals surface area contributed by atoms with Crippen LogP contribution in [0, 0.1) is 15.9 Å². The molecule has 1 atom stereocenters. The molecule has 2 N–H and O–H groups in total. The summed E-state index contributed by atoms with van der Waals surface area (Å²) in [4.78, 5) is 9.31. The van der Waals surface area contributed by atoms with Crippen LogP contribution in [-0.4, -0.2) is 11.1 Å². The van der Waals surface area contributed by atoms with E-state index in [0.717, 1.165) is 0 Å². The van der Waals surface area contributed by atoms with Crippen molar-refractivity contribution in [1.82, 2.24) is 0 Å². The van der Waals surface area contributed by atoms with Gasteiger partial charge in [0.15, 0.2) is 0 Å². The molecule has 0 aromatic heterocycles. The molecule has 0 aliphatic carbocycles. The van der Waals surface area contributed by atoms with Crippen LogP contribution in [0.15, 0.2) is 18.2 Å². The zero-order chi connectivity index (χ0) is 12.5. The molecular formula is C8H7ClF4N2O2. The number of halogens is 5. The largest absolute Gasteiger partial charge is 0.407 e. The lowest BCUT2D eigenvalue weighted by atomic mass is 10.1. The zero-order valence-electron chi connectivity index (χ0n) is 8.07. The van der Waals surface area contributed by atoms with Crippen molar-refractivity contribution in [2.75, 3.05) is 0 Å². The third kappa shape index (κ3) is 3.53. The summed E-state index contributed by atoms with van der Waals surface area (Å²) in [5.41, 5.74) is 3.06. The number of hydrogen-bond donors (Lipinski definition) is 1. The Balaban J connectivity index is 0.00000256. The fourth-order valence-corrected chi connectivity index (χ4v) is 1.11. The van der Waals surface area contributed by atoms with Gasteiger partial charge < -0.3 is 5.73 Å². The lowest BCUT2D eigenvalue weighted by molar-refractivity contribution is -0.386. The van der Waals surface area contributed by atoms with E-state index in [1.165, 1.54) is 0 Å². The highest BCUT2D eigenvalue weighted by molar-refractivity contribution is 5.85. The van der Waals surface area contributed by atoms with Crippen molar-refractivity contribution in [3.63, 3.8) is 0 Å². The molecular weight excluding hydrogens is 268 g/mol. The van der Waals surface area contributed by atoms with Crippen LogP contribution in [0.1, 0.15) is 11.6 Å². The van der Waals surface area contributed by atoms with Crippen LogP contribution in [0.25, 0.3) is 0 Å². The van der Waals surface area contributed by atoms with Gasteiger partial charge in [-0.05, 0) is 12.1 Å². The molecule has 0 radical (unpaired) electrons. The molecule has 17 heavy (non-hydrogen) atoms. The second kappa shape index (κ2) is 5.28. The SMILES string of the molecule is Cl.N[C@H](c1ccc(F)cc1[N+](=O)[O-])C(F)(F)F. The van der Waals surface area contributed by atoms with Gasteiger partial charge in [-0.1, -0.05) is 0 Å². The van der Waals surface area contributed by atoms with E-state index < -0.39 is 34.2 Å². The standard InChI is InChI=1S/C8H6F4N2O2.ClH/c9-4-1-2-5(6(3-4)14(15)16)7(13)8(10,11)12;/h1-3,7H,13H2;1H/t7-;/m1./s1. The topological polar surface area (TPSA) is 69.2 Å². The predicted octanol–water partition coefficient (Wildman–Crippen LogP) is 2.72. The fraction of sp³-hybridized carbons (Fsp3) is 0.250. The Kier molecular flexibility index (Phi) is 4.84. The molecule has 4 nitrogen and oxygen atoms in total. The minimum Gasteiger partial charge on any atom is -0.316 e. The van der Waals surface area contributed by atoms with Gasteiger partial charge in [0.2, 0.25) is 0 Å². The number of benzene rings is 1. The first kappa shape index (κ1) is 15.6. The van der Waals surface area contributed by atoms with E-state index >= 15 is 0 Å². The molecule has 9 heteroatoms. The highest BCUT2D eigenvalue weighted by Gasteiger charge is 2.41. The minimum absolute atomic E-state index is 0. The third-order valence-corrected chi connectivity index (χ3v) is 1.88. The van der Waals surface area contributed by atoms with Gasteiger partial charge >= 0.3 is 6.18 Å². The van der Waals surface area contributed by atoms with E-state index in [2.05, 4.69) is 0 Å². The van der Waals surface area contributed by atoms with E-state index in [1.54, 1.807) is 0 Å². The summed E-state index contributed by atoms with van der Waals surface area (Å²) in [6, 6.07) is -0.756. The van der Waals surface area contributed by atoms with E-state index in [-0.39, 0.29) is 12.4 Å². The van der Waals surface area contributed by atoms with E-state index in [4.69, 9.17) is 5.73 Å². The molecule has 0 unspecified atom stereocenters. The van der Waals surface area contributed by atoms with Crippen molar-refractivity contribution >= 4 is 18.1 Å². The van der Waals surface area contributed by atoms with Crippen LogP contribution >= 0.6 is 12.4 Å². The van der Waals surface area contributed by atoms with Crippen molar-refractivity contribution in [2.24, 2.45) is 5.73 Å². The van der Waals surface area contributed by atoms with Gasteiger partial charge in [-0.25, -0.2) is 4.39 Å². The molecule has 0 aliphatic rings. The van der Waals surface area contributed by atoms with Crippen LogP contribution in [0.3, 0.4) is 0 Å². The van der Waals surface area contributed by atoms with Gasteiger partial charge in [0, 0.05) is 0 Å². The first-order valence-electron chi connectivity index (χ1n) is 3.99. The molecule has 0 saturated heterocycles. The van der Waals surface area contributed by atoms with Gasteiger partial charge in [0.1, 0.15) is 11.9 Å². The van der Waals surface area contributed by atoms with Gasteiger partial charge in [-0.2, -0.15) is 13.2 Å². The Morgan fingerprint density at radius 3 is 2.29 bits per heavy atom. The molecule has 0 amide bonds. The van der Waals surface area contributed by atoms with Gasteiger partial charge in [-0.3, -0.25) is 10.1 Å². The quantitative estimate of drug-likeness (QED) is 0.512. The lowest BCUT2D eigenvalue weighted by Crippen LogP contribution is -2.29. The fourth-order valence-electron chi connectivity index (χ4n) is 1.11. The molecule has 1 aromatic carbocycles. The number of hydrogen-bond acceptors (Lipinski definition) is 3. The van der Waals surface area contributed by atoms with Crippen molar-refractivity contribution in [3.8, 4) is 0 Å². The van der Waals surface area contributed by atoms with Crippen LogP contribution in [0.4, 0.5) is 23.2 Å². The Bertz CT molecular complexity index is 424. The van der Waals surface area contributed by atoms with Crippen molar-refractivity contribution < 1.29 is 22.5 Å². The van der Waals surface area contributed by atoms with Crippen molar-refractivity contribution in [2.45, 2.75) is 12.2 Å². The summed E-state index contributed by atoms with van der Waals surface area (Å²) in [5, 5.41) is 10.4. The molecule has 0 bridgehead atoms. The Labute approximate surface area is 99.0 Å². The second-order valence-electron chi connectivity index (χ2n) is 2.98. The van der Waals surface area contributed by atoms with Gasteiger partial charge in [-0.15, -0.1) is 12.4 Å². The Morgan fingerprint density at radius 2 is 1.88 bits per heavy atom. The zero-order valence-corrected chi connectivity index (χ0v) is 8.89. The summed E-state index contributed by atoms with van der Waals surface area (Å²) < 4.78 is 49.4. The number of rotatable bonds is 2. The summed E-state index contributed by atoms with van der Waals surface area (Å²) in [6.07, 6.45) is -4.82. The van der Waals surface area contributed by atoms with E-state index in [9.17, 15) is 27.7 Å². The summed E-state index contributed by atoms with van der Waals surface area (Å²) in [5.74, 6) is -0.996. The first-order chi connectivity index (χ1) is 7.23. The van der Waals surface area contributed by atoms with E-state index in [0.29, 0.717) is 18.2 Å². The number of nitrogens with two attached hydrogens (primary N) is 1. The minimum atomic E-state index is -4.82. The monoisotopic (exact) mass is 274 g/mol. The predicted molar refractivity (Wildman–Crippen MR) is 53.3 cm³/mol. The maximum Gasteiger partial charge on any atom is 0.407 e. The molecule has 1 aromatic rings. The third-order valence-electron chi connectivity index (χ3n) is 1.88. The normalized spacial score (nSPS) is 12.8. The van der Waals surface area contributed by atoms with Crippen molar-refractivity contribution in [3.05, 3.63) is 39.7 Å². The molecule has 1 rings (SSSR count). The first-order valence-corrected chi connectivity index (χ1v) is 3.99. The van der Waals surface area contributed by atoms with Crippen molar-refractivity contribution in [1.29, 1.82) is 0 Å². The lowest BCUT2D eigenvalue weighted by Gasteiger charge is -2.15. The van der Waals surface area contributed by atoms with E-state index in [1.807, 2.05) is 0 Å². The molecule has 0 aliphatic heterocycles.